The third-order valence-corrected chi connectivity index (χ3v) is 5.71. The highest BCUT2D eigenvalue weighted by atomic mass is 16.5. The third kappa shape index (κ3) is 6.58. The maximum atomic E-state index is 6.38. The molecule has 0 amide bonds. The number of aromatic nitrogens is 3. The first-order valence-electron chi connectivity index (χ1n) is 11.1. The van der Waals surface area contributed by atoms with E-state index in [9.17, 15) is 0 Å². The Morgan fingerprint density at radius 1 is 1.32 bits per heavy atom. The van der Waals surface area contributed by atoms with Crippen molar-refractivity contribution in [1.82, 2.24) is 20.1 Å². The molecule has 170 valence electrons. The van der Waals surface area contributed by atoms with Crippen LogP contribution in [0.2, 0.25) is 0 Å². The minimum atomic E-state index is 0.282. The molecule has 1 aliphatic carbocycles. The molecule has 0 spiro atoms. The molecular weight excluding hydrogens is 394 g/mol. The Morgan fingerprint density at radius 3 is 2.74 bits per heavy atom. The summed E-state index contributed by atoms with van der Waals surface area (Å²) >= 11 is 0. The van der Waals surface area contributed by atoms with Gasteiger partial charge in [0.25, 0.3) is 5.95 Å². The van der Waals surface area contributed by atoms with Crippen molar-refractivity contribution in [2.24, 2.45) is 17.5 Å². The number of ether oxygens (including phenoxy) is 1. The number of likely N-dealkylation sites (N-methyl/N-ethyl adjacent to an activating group) is 1. The molecule has 1 fully saturated rings. The fraction of sp³-hybridized carbons (Fsp3) is 0.591. The number of pyridine rings is 1. The van der Waals surface area contributed by atoms with Crippen molar-refractivity contribution in [3.8, 4) is 5.75 Å². The van der Waals surface area contributed by atoms with Gasteiger partial charge in [-0.25, -0.2) is 5.84 Å². The van der Waals surface area contributed by atoms with Crippen LogP contribution in [-0.4, -0.2) is 39.8 Å². The highest BCUT2D eigenvalue weighted by Gasteiger charge is 2.16. The van der Waals surface area contributed by atoms with Crippen molar-refractivity contribution >= 4 is 11.6 Å². The van der Waals surface area contributed by atoms with E-state index in [4.69, 9.17) is 20.8 Å². The summed E-state index contributed by atoms with van der Waals surface area (Å²) in [5.74, 6) is 8.31. The summed E-state index contributed by atoms with van der Waals surface area (Å²) in [4.78, 5) is 8.87. The highest BCUT2D eigenvalue weighted by molar-refractivity contribution is 5.63. The van der Waals surface area contributed by atoms with Crippen LogP contribution >= 0.6 is 0 Å². The van der Waals surface area contributed by atoms with E-state index in [1.807, 2.05) is 12.1 Å². The summed E-state index contributed by atoms with van der Waals surface area (Å²) in [7, 11) is 1.73. The largest absolute Gasteiger partial charge is 0.489 e. The van der Waals surface area contributed by atoms with Gasteiger partial charge in [0.2, 0.25) is 5.89 Å². The number of hydrazine groups is 1. The first-order chi connectivity index (χ1) is 15.0. The average Bonchev–Trinajstić information content (AvgIpc) is 3.21. The van der Waals surface area contributed by atoms with Gasteiger partial charge in [-0.3, -0.25) is 4.98 Å². The van der Waals surface area contributed by atoms with E-state index < -0.39 is 0 Å². The topological polar surface area (TPSA) is 128 Å². The lowest BCUT2D eigenvalue weighted by Crippen LogP contribution is -2.32. The number of anilines is 1. The molecule has 1 saturated carbocycles. The molecule has 9 heteroatoms. The summed E-state index contributed by atoms with van der Waals surface area (Å²) in [5, 5.41) is 8.58. The molecule has 3 rings (SSSR count). The highest BCUT2D eigenvalue weighted by Crippen LogP contribution is 2.24. The van der Waals surface area contributed by atoms with Gasteiger partial charge >= 0.3 is 0 Å². The van der Waals surface area contributed by atoms with Gasteiger partial charge in [-0.2, -0.15) is 4.98 Å². The van der Waals surface area contributed by atoms with Gasteiger partial charge in [-0.1, -0.05) is 26.7 Å². The second-order valence-electron chi connectivity index (χ2n) is 8.31. The lowest BCUT2D eigenvalue weighted by Gasteiger charge is -2.23. The lowest BCUT2D eigenvalue weighted by molar-refractivity contribution is 0.154. The monoisotopic (exact) mass is 429 g/mol. The van der Waals surface area contributed by atoms with Crippen LogP contribution in [-0.2, 0) is 6.42 Å². The quantitative estimate of drug-likeness (QED) is 0.385. The molecule has 1 atom stereocenters. The third-order valence-electron chi connectivity index (χ3n) is 5.71. The predicted molar refractivity (Wildman–Crippen MR) is 121 cm³/mol. The Hall–Kier alpha value is -2.81. The van der Waals surface area contributed by atoms with Crippen molar-refractivity contribution in [2.75, 3.05) is 18.9 Å². The average molecular weight is 430 g/mol. The van der Waals surface area contributed by atoms with Crippen LogP contribution in [0.1, 0.15) is 64.0 Å². The van der Waals surface area contributed by atoms with Crippen LogP contribution in [0, 0.1) is 5.92 Å². The van der Waals surface area contributed by atoms with Crippen LogP contribution in [0.3, 0.4) is 0 Å². The van der Waals surface area contributed by atoms with Crippen LogP contribution in [0.15, 0.2) is 28.5 Å². The lowest BCUT2D eigenvalue weighted by atomic mass is 9.98. The molecule has 1 aliphatic rings. The standard InChI is InChI=1S/C22H35N7O2/c1-4-15(2)12-20-27-22(28-31-20)26-14-19(29(3)24)21(23)18-11-10-17(13-25-18)30-16-8-6-5-7-9-16/h10-11,13,15-16H,4-9,12,14,23-24H2,1-3H3,(H,26,28)/b21-19-. The summed E-state index contributed by atoms with van der Waals surface area (Å²) < 4.78 is 11.4. The molecule has 0 aliphatic heterocycles. The second-order valence-corrected chi connectivity index (χ2v) is 8.31. The van der Waals surface area contributed by atoms with Gasteiger partial charge in [0.05, 0.1) is 35.9 Å². The van der Waals surface area contributed by atoms with E-state index in [2.05, 4.69) is 34.3 Å². The van der Waals surface area contributed by atoms with Crippen molar-refractivity contribution in [3.63, 3.8) is 0 Å². The molecule has 2 aromatic heterocycles. The fourth-order valence-electron chi connectivity index (χ4n) is 3.56. The first kappa shape index (κ1) is 22.9. The number of nitrogens with two attached hydrogens (primary N) is 2. The number of rotatable bonds is 10. The molecule has 31 heavy (non-hydrogen) atoms. The minimum absolute atomic E-state index is 0.282. The van der Waals surface area contributed by atoms with Crippen LogP contribution in [0.25, 0.3) is 5.70 Å². The van der Waals surface area contributed by atoms with Crippen LogP contribution in [0.4, 0.5) is 5.95 Å². The van der Waals surface area contributed by atoms with E-state index in [0.29, 0.717) is 41.4 Å². The van der Waals surface area contributed by atoms with Gasteiger partial charge < -0.3 is 25.3 Å². The summed E-state index contributed by atoms with van der Waals surface area (Å²) in [6.07, 6.45) is 9.78. The van der Waals surface area contributed by atoms with E-state index in [1.54, 1.807) is 13.2 Å². The Bertz CT molecular complexity index is 842. The molecule has 9 nitrogen and oxygen atoms in total. The van der Waals surface area contributed by atoms with Crippen molar-refractivity contribution in [3.05, 3.63) is 35.6 Å². The Balaban J connectivity index is 1.64. The second kappa shape index (κ2) is 11.0. The van der Waals surface area contributed by atoms with Gasteiger partial charge in [0.15, 0.2) is 0 Å². The smallest absolute Gasteiger partial charge is 0.263 e. The maximum Gasteiger partial charge on any atom is 0.263 e. The van der Waals surface area contributed by atoms with Gasteiger partial charge in [0.1, 0.15) is 5.75 Å². The maximum absolute atomic E-state index is 6.38. The molecule has 2 aromatic rings. The number of hydrogen-bond donors (Lipinski definition) is 3. The molecule has 0 saturated heterocycles. The number of hydrogen-bond acceptors (Lipinski definition) is 9. The number of nitrogens with one attached hydrogen (secondary N) is 1. The van der Waals surface area contributed by atoms with Crippen molar-refractivity contribution < 1.29 is 9.26 Å². The van der Waals surface area contributed by atoms with Crippen LogP contribution < -0.4 is 21.6 Å². The van der Waals surface area contributed by atoms with Crippen molar-refractivity contribution in [2.45, 2.75) is 64.9 Å². The zero-order chi connectivity index (χ0) is 22.2. The molecule has 2 heterocycles. The minimum Gasteiger partial charge on any atom is -0.489 e. The zero-order valence-electron chi connectivity index (χ0n) is 18.8. The van der Waals surface area contributed by atoms with Gasteiger partial charge in [-0.15, -0.1) is 0 Å². The van der Waals surface area contributed by atoms with E-state index in [-0.39, 0.29) is 6.10 Å². The normalized spacial score (nSPS) is 16.5. The molecular formula is C22H35N7O2. The van der Waals surface area contributed by atoms with Crippen LogP contribution in [0.5, 0.6) is 5.75 Å². The first-order valence-corrected chi connectivity index (χ1v) is 11.1. The van der Waals surface area contributed by atoms with Gasteiger partial charge in [0, 0.05) is 13.5 Å². The molecule has 5 N–H and O–H groups in total. The van der Waals surface area contributed by atoms with E-state index in [1.165, 1.54) is 24.3 Å². The summed E-state index contributed by atoms with van der Waals surface area (Å²) in [6, 6.07) is 3.77. The Morgan fingerprint density at radius 2 is 2.10 bits per heavy atom. The Labute approximate surface area is 184 Å². The van der Waals surface area contributed by atoms with E-state index in [0.717, 1.165) is 31.4 Å². The fourth-order valence-corrected chi connectivity index (χ4v) is 3.56. The summed E-state index contributed by atoms with van der Waals surface area (Å²) in [6.45, 7) is 4.63. The molecule has 0 aromatic carbocycles. The Kier molecular flexibility index (Phi) is 8.11. The van der Waals surface area contributed by atoms with E-state index >= 15 is 0 Å². The summed E-state index contributed by atoms with van der Waals surface area (Å²) in [5.41, 5.74) is 8.16. The molecule has 0 bridgehead atoms. The molecule has 1 unspecified atom stereocenters. The SMILES string of the molecule is CCC(C)Cc1nc(NC/C(=C(/N)c2ccc(OC3CCCCC3)cn2)N(C)N)no1. The predicted octanol–water partition coefficient (Wildman–Crippen LogP) is 3.31. The van der Waals surface area contributed by atoms with Crippen molar-refractivity contribution in [1.29, 1.82) is 0 Å². The molecule has 0 radical (unpaired) electrons. The zero-order valence-corrected chi connectivity index (χ0v) is 18.8. The van der Waals surface area contributed by atoms with Gasteiger partial charge in [-0.05, 0) is 48.9 Å². The number of nitrogens with zero attached hydrogens (tertiary/aromatic N) is 4.